The number of hydrogen-bond donors (Lipinski definition) is 0. The second kappa shape index (κ2) is 7.07. The van der Waals surface area contributed by atoms with Crippen molar-refractivity contribution in [3.8, 4) is 0 Å². The molecule has 0 N–H and O–H groups in total. The Morgan fingerprint density at radius 2 is 2.05 bits per heavy atom. The molecule has 0 bridgehead atoms. The van der Waals surface area contributed by atoms with Crippen molar-refractivity contribution < 1.29 is 9.59 Å². The van der Waals surface area contributed by atoms with E-state index in [1.807, 2.05) is 40.7 Å². The van der Waals surface area contributed by atoms with Gasteiger partial charge in [0.1, 0.15) is 6.54 Å². The van der Waals surface area contributed by atoms with Crippen LogP contribution in [0.3, 0.4) is 0 Å². The molecular weight excluding hydrogens is 264 g/mol. The lowest BCUT2D eigenvalue weighted by Gasteiger charge is -2.21. The monoisotopic (exact) mass is 286 g/mol. The minimum Gasteiger partial charge on any atom is -0.341 e. The summed E-state index contributed by atoms with van der Waals surface area (Å²) >= 11 is 0. The van der Waals surface area contributed by atoms with Crippen LogP contribution in [0.25, 0.3) is 10.9 Å². The number of rotatable bonds is 7. The Bertz CT molecular complexity index is 631. The quantitative estimate of drug-likeness (QED) is 0.734. The third kappa shape index (κ3) is 3.32. The molecule has 4 heteroatoms. The van der Waals surface area contributed by atoms with Crippen molar-refractivity contribution in [1.29, 1.82) is 0 Å². The molecule has 112 valence electrons. The summed E-state index contributed by atoms with van der Waals surface area (Å²) in [6.45, 7) is 5.92. The maximum absolute atomic E-state index is 12.4. The van der Waals surface area contributed by atoms with Gasteiger partial charge in [-0.3, -0.25) is 9.59 Å². The highest BCUT2D eigenvalue weighted by Gasteiger charge is 2.14. The number of carbonyl (C=O) groups excluding carboxylic acids is 2. The third-order valence-electron chi connectivity index (χ3n) is 3.77. The second-order valence-electron chi connectivity index (χ2n) is 5.17. The van der Waals surface area contributed by atoms with Gasteiger partial charge in [-0.1, -0.05) is 31.5 Å². The SMILES string of the molecule is CCCCN(CC)C(=O)Cn1cc(C=O)c2ccccc21. The molecule has 4 nitrogen and oxygen atoms in total. The summed E-state index contributed by atoms with van der Waals surface area (Å²) in [4.78, 5) is 25.4. The first-order valence-electron chi connectivity index (χ1n) is 7.52. The summed E-state index contributed by atoms with van der Waals surface area (Å²) in [6.07, 6.45) is 4.71. The number of benzene rings is 1. The molecule has 0 unspecified atom stereocenters. The number of fused-ring (bicyclic) bond motifs is 1. The van der Waals surface area contributed by atoms with Gasteiger partial charge in [0.25, 0.3) is 0 Å². The minimum atomic E-state index is 0.101. The predicted molar refractivity (Wildman–Crippen MR) is 84.5 cm³/mol. The number of aromatic nitrogens is 1. The molecule has 0 saturated heterocycles. The average molecular weight is 286 g/mol. The minimum absolute atomic E-state index is 0.101. The molecule has 1 aromatic carbocycles. The van der Waals surface area contributed by atoms with Crippen LogP contribution >= 0.6 is 0 Å². The van der Waals surface area contributed by atoms with Crippen LogP contribution < -0.4 is 0 Å². The van der Waals surface area contributed by atoms with Crippen LogP contribution in [-0.2, 0) is 11.3 Å². The van der Waals surface area contributed by atoms with E-state index in [2.05, 4.69) is 6.92 Å². The standard InChI is InChI=1S/C17H22N2O2/c1-3-5-10-18(4-2)17(21)12-19-11-14(13-20)15-8-6-7-9-16(15)19/h6-9,11,13H,3-5,10,12H2,1-2H3. The summed E-state index contributed by atoms with van der Waals surface area (Å²) < 4.78 is 1.87. The zero-order valence-electron chi connectivity index (χ0n) is 12.7. The van der Waals surface area contributed by atoms with Crippen molar-refractivity contribution in [2.75, 3.05) is 13.1 Å². The summed E-state index contributed by atoms with van der Waals surface area (Å²) in [5.41, 5.74) is 1.56. The van der Waals surface area contributed by atoms with Crippen LogP contribution in [0.2, 0.25) is 0 Å². The molecule has 1 aromatic heterocycles. The Morgan fingerprint density at radius 1 is 1.29 bits per heavy atom. The molecule has 0 fully saturated rings. The number of para-hydroxylation sites is 1. The van der Waals surface area contributed by atoms with Crippen LogP contribution in [-0.4, -0.2) is 34.7 Å². The van der Waals surface area contributed by atoms with Gasteiger partial charge in [-0.2, -0.15) is 0 Å². The first kappa shape index (κ1) is 15.3. The zero-order valence-corrected chi connectivity index (χ0v) is 12.7. The van der Waals surface area contributed by atoms with Gasteiger partial charge in [0.05, 0.1) is 0 Å². The van der Waals surface area contributed by atoms with Crippen molar-refractivity contribution >= 4 is 23.1 Å². The fourth-order valence-electron chi connectivity index (χ4n) is 2.55. The molecular formula is C17H22N2O2. The lowest BCUT2D eigenvalue weighted by Crippen LogP contribution is -2.34. The highest BCUT2D eigenvalue weighted by molar-refractivity contribution is 5.98. The Hall–Kier alpha value is -2.10. The number of amides is 1. The largest absolute Gasteiger partial charge is 0.341 e. The normalized spacial score (nSPS) is 10.8. The van der Waals surface area contributed by atoms with Crippen molar-refractivity contribution in [1.82, 2.24) is 9.47 Å². The maximum Gasteiger partial charge on any atom is 0.242 e. The molecule has 2 rings (SSSR count). The molecule has 0 aliphatic carbocycles. The van der Waals surface area contributed by atoms with Gasteiger partial charge in [-0.25, -0.2) is 0 Å². The number of likely N-dealkylation sites (N-methyl/N-ethyl adjacent to an activating group) is 1. The van der Waals surface area contributed by atoms with Crippen LogP contribution in [0.1, 0.15) is 37.0 Å². The Kier molecular flexibility index (Phi) is 5.14. The van der Waals surface area contributed by atoms with Crippen LogP contribution in [0.15, 0.2) is 30.5 Å². The van der Waals surface area contributed by atoms with Crippen LogP contribution in [0.5, 0.6) is 0 Å². The van der Waals surface area contributed by atoms with Gasteiger partial charge in [-0.15, -0.1) is 0 Å². The molecule has 0 atom stereocenters. The first-order valence-corrected chi connectivity index (χ1v) is 7.52. The average Bonchev–Trinajstić information content (AvgIpc) is 2.86. The van der Waals surface area contributed by atoms with E-state index in [-0.39, 0.29) is 12.5 Å². The molecule has 1 amide bonds. The predicted octanol–water partition coefficient (Wildman–Crippen LogP) is 3.10. The van der Waals surface area contributed by atoms with Gasteiger partial charge in [0.2, 0.25) is 5.91 Å². The number of aldehydes is 1. The van der Waals surface area contributed by atoms with Crippen LogP contribution in [0.4, 0.5) is 0 Å². The maximum atomic E-state index is 12.4. The van der Waals surface area contributed by atoms with E-state index in [0.29, 0.717) is 5.56 Å². The number of nitrogens with zero attached hydrogens (tertiary/aromatic N) is 2. The summed E-state index contributed by atoms with van der Waals surface area (Å²) in [5.74, 6) is 0.101. The molecule has 0 spiro atoms. The summed E-state index contributed by atoms with van der Waals surface area (Å²) in [7, 11) is 0. The Labute approximate surface area is 125 Å². The van der Waals surface area contributed by atoms with Gasteiger partial charge < -0.3 is 9.47 Å². The van der Waals surface area contributed by atoms with Gasteiger partial charge in [0.15, 0.2) is 6.29 Å². The number of unbranched alkanes of at least 4 members (excludes halogenated alkanes) is 1. The highest BCUT2D eigenvalue weighted by atomic mass is 16.2. The number of hydrogen-bond acceptors (Lipinski definition) is 2. The van der Waals surface area contributed by atoms with E-state index in [0.717, 1.165) is 43.1 Å². The molecule has 21 heavy (non-hydrogen) atoms. The fourth-order valence-corrected chi connectivity index (χ4v) is 2.55. The smallest absolute Gasteiger partial charge is 0.242 e. The summed E-state index contributed by atoms with van der Waals surface area (Å²) in [6, 6.07) is 7.68. The highest BCUT2D eigenvalue weighted by Crippen LogP contribution is 2.20. The van der Waals surface area contributed by atoms with Crippen LogP contribution in [0, 0.1) is 0 Å². The Morgan fingerprint density at radius 3 is 2.71 bits per heavy atom. The van der Waals surface area contributed by atoms with E-state index in [1.165, 1.54) is 0 Å². The van der Waals surface area contributed by atoms with E-state index < -0.39 is 0 Å². The van der Waals surface area contributed by atoms with Crippen molar-refractivity contribution in [3.05, 3.63) is 36.0 Å². The van der Waals surface area contributed by atoms with E-state index in [1.54, 1.807) is 6.20 Å². The van der Waals surface area contributed by atoms with E-state index in [9.17, 15) is 9.59 Å². The van der Waals surface area contributed by atoms with Crippen molar-refractivity contribution in [2.24, 2.45) is 0 Å². The van der Waals surface area contributed by atoms with Crippen molar-refractivity contribution in [3.63, 3.8) is 0 Å². The van der Waals surface area contributed by atoms with E-state index in [4.69, 9.17) is 0 Å². The molecule has 0 saturated carbocycles. The van der Waals surface area contributed by atoms with Crippen molar-refractivity contribution in [2.45, 2.75) is 33.2 Å². The fraction of sp³-hybridized carbons (Fsp3) is 0.412. The molecule has 2 aromatic rings. The Balaban J connectivity index is 2.22. The molecule has 1 heterocycles. The number of carbonyl (C=O) groups is 2. The third-order valence-corrected chi connectivity index (χ3v) is 3.77. The lowest BCUT2D eigenvalue weighted by atomic mass is 10.2. The molecule has 0 aliphatic heterocycles. The molecule has 0 radical (unpaired) electrons. The molecule has 0 aliphatic rings. The second-order valence-corrected chi connectivity index (χ2v) is 5.17. The topological polar surface area (TPSA) is 42.3 Å². The van der Waals surface area contributed by atoms with Gasteiger partial charge in [0, 0.05) is 35.8 Å². The zero-order chi connectivity index (χ0) is 15.2. The van der Waals surface area contributed by atoms with Gasteiger partial charge in [-0.05, 0) is 19.4 Å². The lowest BCUT2D eigenvalue weighted by molar-refractivity contribution is -0.131. The van der Waals surface area contributed by atoms with Gasteiger partial charge >= 0.3 is 0 Å². The first-order chi connectivity index (χ1) is 10.2. The van der Waals surface area contributed by atoms with E-state index >= 15 is 0 Å². The summed E-state index contributed by atoms with van der Waals surface area (Å²) in [5, 5.41) is 0.900.